The first-order valence-electron chi connectivity index (χ1n) is 12.0. The van der Waals surface area contributed by atoms with Crippen molar-refractivity contribution in [2.45, 2.75) is 46.7 Å². The van der Waals surface area contributed by atoms with E-state index >= 15 is 0 Å². The molecule has 8 heteroatoms. The molecule has 2 heterocycles. The van der Waals surface area contributed by atoms with E-state index in [2.05, 4.69) is 15.6 Å². The summed E-state index contributed by atoms with van der Waals surface area (Å²) in [5.74, 6) is -0.628. The number of aromatic nitrogens is 2. The molecule has 0 spiro atoms. The number of hydrogen-bond donors (Lipinski definition) is 3. The molecule has 0 aliphatic rings. The molecule has 0 saturated heterocycles. The normalized spacial score (nSPS) is 11.7. The highest BCUT2D eigenvalue weighted by molar-refractivity contribution is 7.10. The molecule has 37 heavy (non-hydrogen) atoms. The van der Waals surface area contributed by atoms with Crippen molar-refractivity contribution in [1.29, 1.82) is 0 Å². The van der Waals surface area contributed by atoms with Crippen LogP contribution in [0.4, 0.5) is 5.82 Å². The van der Waals surface area contributed by atoms with Crippen LogP contribution in [0.2, 0.25) is 0 Å². The van der Waals surface area contributed by atoms with E-state index in [4.69, 9.17) is 4.98 Å². The standard InChI is InChI=1S/C29H30N4O3S/c1-17-9-10-30-25(13-17)31-15-26-32-24(16-37-26)22-7-5-21(6-8-22)14-23(29(35)36)33-28(34)27-19(3)11-18(2)12-20(27)4/h5-13,16,23H,14-15H2,1-4H3,(H,30,31)(H,33,34)(H,35,36). The molecular formula is C29H30N4O3S. The van der Waals surface area contributed by atoms with Crippen LogP contribution in [0.25, 0.3) is 11.3 Å². The van der Waals surface area contributed by atoms with Crippen molar-refractivity contribution < 1.29 is 14.7 Å². The first kappa shape index (κ1) is 26.0. The monoisotopic (exact) mass is 514 g/mol. The molecule has 0 saturated carbocycles. The molecule has 0 bridgehead atoms. The van der Waals surface area contributed by atoms with Gasteiger partial charge in [0.15, 0.2) is 0 Å². The second-order valence-corrected chi connectivity index (χ2v) is 10.2. The van der Waals surface area contributed by atoms with Crippen LogP contribution in [0.15, 0.2) is 60.1 Å². The third-order valence-corrected chi connectivity index (χ3v) is 6.93. The number of carboxylic acid groups (broad SMARTS) is 1. The molecule has 7 nitrogen and oxygen atoms in total. The number of thiazole rings is 1. The van der Waals surface area contributed by atoms with Gasteiger partial charge in [0.05, 0.1) is 12.2 Å². The van der Waals surface area contributed by atoms with Crippen molar-refractivity contribution >= 4 is 29.0 Å². The van der Waals surface area contributed by atoms with Crippen LogP contribution < -0.4 is 10.6 Å². The predicted octanol–water partition coefficient (Wildman–Crippen LogP) is 5.48. The summed E-state index contributed by atoms with van der Waals surface area (Å²) in [4.78, 5) is 33.9. The molecule has 4 rings (SSSR count). The minimum absolute atomic E-state index is 0.182. The largest absolute Gasteiger partial charge is 0.480 e. The van der Waals surface area contributed by atoms with Crippen LogP contribution in [-0.4, -0.2) is 33.0 Å². The average Bonchev–Trinajstić information content (AvgIpc) is 3.31. The quantitative estimate of drug-likeness (QED) is 0.273. The van der Waals surface area contributed by atoms with Crippen LogP contribution in [-0.2, 0) is 17.8 Å². The first-order chi connectivity index (χ1) is 17.7. The van der Waals surface area contributed by atoms with Crippen molar-refractivity contribution in [2.24, 2.45) is 0 Å². The Labute approximate surface area is 220 Å². The summed E-state index contributed by atoms with van der Waals surface area (Å²) >= 11 is 1.57. The number of rotatable bonds is 9. The van der Waals surface area contributed by atoms with Gasteiger partial charge in [0.1, 0.15) is 16.9 Å². The molecule has 0 fully saturated rings. The van der Waals surface area contributed by atoms with Crippen LogP contribution in [0.3, 0.4) is 0 Å². The van der Waals surface area contributed by atoms with Crippen LogP contribution in [0, 0.1) is 27.7 Å². The number of nitrogens with zero attached hydrogens (tertiary/aromatic N) is 2. The SMILES string of the molecule is Cc1ccnc(NCc2nc(-c3ccc(CC(NC(=O)c4c(C)cc(C)cc4C)C(=O)O)cc3)cs2)c1. The number of aryl methyl sites for hydroxylation is 4. The van der Waals surface area contributed by atoms with Gasteiger partial charge in [0, 0.05) is 29.1 Å². The molecule has 2 aromatic carbocycles. The number of anilines is 1. The fraction of sp³-hybridized carbons (Fsp3) is 0.241. The third-order valence-electron chi connectivity index (χ3n) is 6.08. The highest BCUT2D eigenvalue weighted by Crippen LogP contribution is 2.24. The van der Waals surface area contributed by atoms with Crippen molar-refractivity contribution in [2.75, 3.05) is 5.32 Å². The van der Waals surface area contributed by atoms with E-state index < -0.39 is 12.0 Å². The summed E-state index contributed by atoms with van der Waals surface area (Å²) in [6.07, 6.45) is 1.96. The molecule has 1 unspecified atom stereocenters. The molecule has 1 atom stereocenters. The number of pyridine rings is 1. The molecule has 1 amide bonds. The van der Waals surface area contributed by atoms with Gasteiger partial charge >= 0.3 is 5.97 Å². The van der Waals surface area contributed by atoms with Crippen molar-refractivity contribution in [1.82, 2.24) is 15.3 Å². The van der Waals surface area contributed by atoms with Crippen molar-refractivity contribution in [3.05, 3.63) is 98.5 Å². The fourth-order valence-electron chi connectivity index (χ4n) is 4.34. The van der Waals surface area contributed by atoms with Gasteiger partial charge in [-0.25, -0.2) is 14.8 Å². The van der Waals surface area contributed by atoms with Crippen LogP contribution in [0.1, 0.15) is 43.2 Å². The van der Waals surface area contributed by atoms with Gasteiger partial charge in [-0.2, -0.15) is 0 Å². The zero-order valence-electron chi connectivity index (χ0n) is 21.3. The summed E-state index contributed by atoms with van der Waals surface area (Å²) in [5.41, 5.74) is 7.01. The first-order valence-corrected chi connectivity index (χ1v) is 12.9. The summed E-state index contributed by atoms with van der Waals surface area (Å²) in [6.45, 7) is 8.30. The number of aliphatic carboxylic acids is 1. The minimum atomic E-state index is -1.07. The maximum atomic E-state index is 12.9. The molecule has 0 aliphatic carbocycles. The predicted molar refractivity (Wildman–Crippen MR) is 147 cm³/mol. The fourth-order valence-corrected chi connectivity index (χ4v) is 5.08. The van der Waals surface area contributed by atoms with E-state index in [-0.39, 0.29) is 12.3 Å². The second-order valence-electron chi connectivity index (χ2n) is 9.24. The minimum Gasteiger partial charge on any atom is -0.480 e. The number of carbonyl (C=O) groups is 2. The molecule has 2 aromatic heterocycles. The maximum Gasteiger partial charge on any atom is 0.326 e. The average molecular weight is 515 g/mol. The number of nitrogens with one attached hydrogen (secondary N) is 2. The van der Waals surface area contributed by atoms with Gasteiger partial charge in [-0.05, 0) is 62.1 Å². The lowest BCUT2D eigenvalue weighted by molar-refractivity contribution is -0.139. The number of benzene rings is 2. The maximum absolute atomic E-state index is 12.9. The highest BCUT2D eigenvalue weighted by Gasteiger charge is 2.23. The van der Waals surface area contributed by atoms with Gasteiger partial charge in [-0.1, -0.05) is 42.0 Å². The van der Waals surface area contributed by atoms with Gasteiger partial charge in [-0.15, -0.1) is 11.3 Å². The highest BCUT2D eigenvalue weighted by atomic mass is 32.1. The lowest BCUT2D eigenvalue weighted by Crippen LogP contribution is -2.42. The van der Waals surface area contributed by atoms with Gasteiger partial charge in [0.25, 0.3) is 5.91 Å². The second kappa shape index (κ2) is 11.3. The Morgan fingerprint density at radius 3 is 2.32 bits per heavy atom. The molecule has 190 valence electrons. The van der Waals surface area contributed by atoms with E-state index in [1.54, 1.807) is 17.5 Å². The Morgan fingerprint density at radius 2 is 1.68 bits per heavy atom. The Kier molecular flexibility index (Phi) is 7.98. The topological polar surface area (TPSA) is 104 Å². The zero-order chi connectivity index (χ0) is 26.5. The van der Waals surface area contributed by atoms with E-state index in [1.165, 1.54) is 0 Å². The Bertz CT molecular complexity index is 1410. The van der Waals surface area contributed by atoms with Crippen molar-refractivity contribution in [3.63, 3.8) is 0 Å². The summed E-state index contributed by atoms with van der Waals surface area (Å²) in [7, 11) is 0. The zero-order valence-corrected chi connectivity index (χ0v) is 22.1. The summed E-state index contributed by atoms with van der Waals surface area (Å²) in [6, 6.07) is 14.4. The van der Waals surface area contributed by atoms with Crippen LogP contribution in [0.5, 0.6) is 0 Å². The smallest absolute Gasteiger partial charge is 0.326 e. The molecule has 4 aromatic rings. The summed E-state index contributed by atoms with van der Waals surface area (Å²) in [5, 5.41) is 18.7. The van der Waals surface area contributed by atoms with Crippen molar-refractivity contribution in [3.8, 4) is 11.3 Å². The molecule has 3 N–H and O–H groups in total. The van der Waals surface area contributed by atoms with Crippen LogP contribution >= 0.6 is 11.3 Å². The Hall–Kier alpha value is -4.04. The van der Waals surface area contributed by atoms with E-state index in [9.17, 15) is 14.7 Å². The lowest BCUT2D eigenvalue weighted by Gasteiger charge is -2.17. The van der Waals surface area contributed by atoms with E-state index in [0.29, 0.717) is 12.1 Å². The van der Waals surface area contributed by atoms with E-state index in [1.807, 2.05) is 81.6 Å². The lowest BCUT2D eigenvalue weighted by atomic mass is 9.98. The van der Waals surface area contributed by atoms with E-state index in [0.717, 1.165) is 49.9 Å². The van der Waals surface area contributed by atoms with Gasteiger partial charge in [-0.3, -0.25) is 4.79 Å². The summed E-state index contributed by atoms with van der Waals surface area (Å²) < 4.78 is 0. The van der Waals surface area contributed by atoms with Gasteiger partial charge in [0.2, 0.25) is 0 Å². The number of carbonyl (C=O) groups excluding carboxylic acids is 1. The Morgan fingerprint density at radius 1 is 0.973 bits per heavy atom. The third kappa shape index (κ3) is 6.59. The molecular weight excluding hydrogens is 484 g/mol. The number of hydrogen-bond acceptors (Lipinski definition) is 6. The number of carboxylic acids is 1. The number of amides is 1. The molecule has 0 radical (unpaired) electrons. The van der Waals surface area contributed by atoms with Gasteiger partial charge < -0.3 is 15.7 Å². The molecule has 0 aliphatic heterocycles. The Balaban J connectivity index is 1.40.